The quantitative estimate of drug-likeness (QED) is 0.416. The second-order valence-corrected chi connectivity index (χ2v) is 5.00. The molecule has 2 rings (SSSR count). The van der Waals surface area contributed by atoms with Crippen LogP contribution in [-0.2, 0) is 9.47 Å². The van der Waals surface area contributed by atoms with Crippen LogP contribution in [0.1, 0.15) is 27.6 Å². The monoisotopic (exact) mass is 344 g/mol. The van der Waals surface area contributed by atoms with E-state index in [-0.39, 0.29) is 0 Å². The van der Waals surface area contributed by atoms with E-state index in [0.717, 1.165) is 0 Å². The third kappa shape index (κ3) is 5.61. The molecule has 132 valence electrons. The van der Waals surface area contributed by atoms with E-state index in [2.05, 4.69) is 0 Å². The molecule has 6 nitrogen and oxygen atoms in total. The van der Waals surface area contributed by atoms with Crippen molar-refractivity contribution in [2.75, 3.05) is 26.9 Å². The molecule has 2 aromatic carbocycles. The summed E-state index contributed by atoms with van der Waals surface area (Å²) in [4.78, 5) is 23.7. The van der Waals surface area contributed by atoms with Gasteiger partial charge in [0.05, 0.1) is 24.3 Å². The number of benzene rings is 2. The Morgan fingerprint density at radius 3 is 1.92 bits per heavy atom. The van der Waals surface area contributed by atoms with E-state index in [0.29, 0.717) is 42.4 Å². The topological polar surface area (TPSA) is 71.1 Å². The minimum Gasteiger partial charge on any atom is -0.491 e. The van der Waals surface area contributed by atoms with E-state index in [1.807, 2.05) is 0 Å². The average Bonchev–Trinajstić information content (AvgIpc) is 2.63. The normalized spacial score (nSPS) is 10.2. The van der Waals surface area contributed by atoms with Gasteiger partial charge in [0.1, 0.15) is 18.1 Å². The molecule has 0 aromatic heterocycles. The first-order chi connectivity index (χ1) is 12.1. The lowest BCUT2D eigenvalue weighted by Crippen LogP contribution is -2.09. The summed E-state index contributed by atoms with van der Waals surface area (Å²) in [6.07, 6.45) is 0. The van der Waals surface area contributed by atoms with Gasteiger partial charge in [-0.1, -0.05) is 0 Å². The van der Waals surface area contributed by atoms with Crippen molar-refractivity contribution in [3.8, 4) is 11.5 Å². The zero-order valence-electron chi connectivity index (χ0n) is 14.2. The largest absolute Gasteiger partial charge is 0.491 e. The van der Waals surface area contributed by atoms with Gasteiger partial charge < -0.3 is 18.9 Å². The summed E-state index contributed by atoms with van der Waals surface area (Å²) in [5.74, 6) is 0.0858. The molecule has 0 amide bonds. The second kappa shape index (κ2) is 9.44. The van der Waals surface area contributed by atoms with Crippen LogP contribution in [-0.4, -0.2) is 38.9 Å². The minimum atomic E-state index is -0.493. The molecular weight excluding hydrogens is 324 g/mol. The van der Waals surface area contributed by atoms with Crippen molar-refractivity contribution in [1.29, 1.82) is 0 Å². The Morgan fingerprint density at radius 1 is 0.800 bits per heavy atom. The third-order valence-electron chi connectivity index (χ3n) is 3.22. The van der Waals surface area contributed by atoms with Gasteiger partial charge in [-0.2, -0.15) is 0 Å². The van der Waals surface area contributed by atoms with Gasteiger partial charge >= 0.3 is 11.9 Å². The number of carbonyl (C=O) groups is 2. The van der Waals surface area contributed by atoms with E-state index in [4.69, 9.17) is 18.9 Å². The van der Waals surface area contributed by atoms with Gasteiger partial charge in [-0.3, -0.25) is 0 Å². The Bertz CT molecular complexity index is 691. The van der Waals surface area contributed by atoms with Gasteiger partial charge in [-0.05, 0) is 55.5 Å². The van der Waals surface area contributed by atoms with Gasteiger partial charge in [-0.15, -0.1) is 0 Å². The molecule has 0 fully saturated rings. The van der Waals surface area contributed by atoms with Crippen LogP contribution in [0.15, 0.2) is 48.5 Å². The molecule has 0 aliphatic carbocycles. The molecular formula is C19H20O6. The summed E-state index contributed by atoms with van der Waals surface area (Å²) in [6, 6.07) is 12.8. The van der Waals surface area contributed by atoms with E-state index in [1.165, 1.54) is 0 Å². The SMILES string of the molecule is CCOC(=O)c1ccc(OC(=O)c2ccc(OCCOC)cc2)cc1. The number of esters is 2. The molecule has 0 aliphatic heterocycles. The molecule has 2 aromatic rings. The molecule has 0 heterocycles. The van der Waals surface area contributed by atoms with Crippen LogP contribution in [0.3, 0.4) is 0 Å². The van der Waals surface area contributed by atoms with Crippen molar-refractivity contribution in [1.82, 2.24) is 0 Å². The summed E-state index contributed by atoms with van der Waals surface area (Å²) in [5, 5.41) is 0. The first-order valence-corrected chi connectivity index (χ1v) is 7.85. The van der Waals surface area contributed by atoms with Gasteiger partial charge in [0, 0.05) is 7.11 Å². The molecule has 0 atom stereocenters. The zero-order valence-corrected chi connectivity index (χ0v) is 14.2. The summed E-state index contributed by atoms with van der Waals surface area (Å²) in [6.45, 7) is 2.97. The minimum absolute atomic E-state index is 0.306. The summed E-state index contributed by atoms with van der Waals surface area (Å²) in [7, 11) is 1.60. The van der Waals surface area contributed by atoms with Crippen molar-refractivity contribution in [3.05, 3.63) is 59.7 Å². The van der Waals surface area contributed by atoms with Gasteiger partial charge in [0.2, 0.25) is 0 Å². The molecule has 0 saturated carbocycles. The van der Waals surface area contributed by atoms with Crippen LogP contribution in [0.4, 0.5) is 0 Å². The van der Waals surface area contributed by atoms with Crippen LogP contribution >= 0.6 is 0 Å². The highest BCUT2D eigenvalue weighted by Crippen LogP contribution is 2.17. The molecule has 0 bridgehead atoms. The Hall–Kier alpha value is -2.86. The number of ether oxygens (including phenoxy) is 4. The van der Waals surface area contributed by atoms with E-state index in [1.54, 1.807) is 62.6 Å². The molecule has 0 unspecified atom stereocenters. The number of hydrogen-bond donors (Lipinski definition) is 0. The number of hydrogen-bond acceptors (Lipinski definition) is 6. The summed E-state index contributed by atoms with van der Waals surface area (Å²) in [5.41, 5.74) is 0.799. The molecule has 6 heteroatoms. The second-order valence-electron chi connectivity index (χ2n) is 5.00. The fourth-order valence-corrected chi connectivity index (χ4v) is 1.97. The van der Waals surface area contributed by atoms with Crippen molar-refractivity contribution < 1.29 is 28.5 Å². The Kier molecular flexibility index (Phi) is 6.98. The Labute approximate surface area is 146 Å². The first kappa shape index (κ1) is 18.5. The molecule has 0 radical (unpaired) electrons. The maximum absolute atomic E-state index is 12.1. The smallest absolute Gasteiger partial charge is 0.343 e. The average molecular weight is 344 g/mol. The van der Waals surface area contributed by atoms with Crippen LogP contribution in [0.25, 0.3) is 0 Å². The van der Waals surface area contributed by atoms with Gasteiger partial charge in [0.15, 0.2) is 0 Å². The Morgan fingerprint density at radius 2 is 1.36 bits per heavy atom. The molecule has 0 saturated heterocycles. The highest BCUT2D eigenvalue weighted by molar-refractivity contribution is 5.92. The van der Waals surface area contributed by atoms with Gasteiger partial charge in [0.25, 0.3) is 0 Å². The first-order valence-electron chi connectivity index (χ1n) is 7.85. The predicted molar refractivity (Wildman–Crippen MR) is 91.2 cm³/mol. The van der Waals surface area contributed by atoms with E-state index >= 15 is 0 Å². The third-order valence-corrected chi connectivity index (χ3v) is 3.22. The van der Waals surface area contributed by atoms with Crippen LogP contribution in [0.2, 0.25) is 0 Å². The lowest BCUT2D eigenvalue weighted by atomic mass is 10.2. The Balaban J connectivity index is 1.93. The van der Waals surface area contributed by atoms with Crippen LogP contribution in [0, 0.1) is 0 Å². The molecule has 25 heavy (non-hydrogen) atoms. The van der Waals surface area contributed by atoms with Crippen LogP contribution < -0.4 is 9.47 Å². The van der Waals surface area contributed by atoms with Crippen molar-refractivity contribution in [2.24, 2.45) is 0 Å². The highest BCUT2D eigenvalue weighted by Gasteiger charge is 2.10. The molecule has 0 aliphatic rings. The summed E-state index contributed by atoms with van der Waals surface area (Å²) < 4.78 is 20.5. The lowest BCUT2D eigenvalue weighted by Gasteiger charge is -2.07. The molecule has 0 N–H and O–H groups in total. The number of carbonyl (C=O) groups excluding carboxylic acids is 2. The van der Waals surface area contributed by atoms with Crippen molar-refractivity contribution >= 4 is 11.9 Å². The lowest BCUT2D eigenvalue weighted by molar-refractivity contribution is 0.0526. The fourth-order valence-electron chi connectivity index (χ4n) is 1.97. The molecule has 0 spiro atoms. The van der Waals surface area contributed by atoms with E-state index < -0.39 is 11.9 Å². The highest BCUT2D eigenvalue weighted by atomic mass is 16.5. The van der Waals surface area contributed by atoms with Crippen LogP contribution in [0.5, 0.6) is 11.5 Å². The maximum Gasteiger partial charge on any atom is 0.343 e. The van der Waals surface area contributed by atoms with E-state index in [9.17, 15) is 9.59 Å². The van der Waals surface area contributed by atoms with Crippen molar-refractivity contribution in [2.45, 2.75) is 6.92 Å². The van der Waals surface area contributed by atoms with Crippen molar-refractivity contribution in [3.63, 3.8) is 0 Å². The number of rotatable bonds is 8. The van der Waals surface area contributed by atoms with Gasteiger partial charge in [-0.25, -0.2) is 9.59 Å². The predicted octanol–water partition coefficient (Wildman–Crippen LogP) is 3.11. The number of methoxy groups -OCH3 is 1. The standard InChI is InChI=1S/C19H20O6/c1-3-23-18(20)14-6-10-17(11-7-14)25-19(21)15-4-8-16(9-5-15)24-13-12-22-2/h4-11H,3,12-13H2,1-2H3. The summed E-state index contributed by atoms with van der Waals surface area (Å²) >= 11 is 0. The zero-order chi connectivity index (χ0) is 18.1. The fraction of sp³-hybridized carbons (Fsp3) is 0.263. The maximum atomic E-state index is 12.1.